The van der Waals surface area contributed by atoms with Gasteiger partial charge in [0.2, 0.25) is 23.6 Å². The van der Waals surface area contributed by atoms with Crippen molar-refractivity contribution in [3.63, 3.8) is 0 Å². The summed E-state index contributed by atoms with van der Waals surface area (Å²) in [6.45, 7) is 3.84. The summed E-state index contributed by atoms with van der Waals surface area (Å²) in [5.41, 5.74) is -0.0973. The first-order valence-corrected chi connectivity index (χ1v) is 14.6. The number of piperidine rings is 1. The highest BCUT2D eigenvalue weighted by atomic mass is 16.6. The number of benzene rings is 1. The number of carbonyl (C=O) groups is 5. The minimum absolute atomic E-state index is 0.0980. The molecule has 3 aliphatic rings. The molecular weight excluding hydrogens is 528 g/mol. The van der Waals surface area contributed by atoms with Crippen LogP contribution in [0, 0.1) is 11.8 Å². The predicted molar refractivity (Wildman–Crippen MR) is 150 cm³/mol. The van der Waals surface area contributed by atoms with Crippen LogP contribution in [0.15, 0.2) is 24.3 Å². The SMILES string of the molecule is COc1ccc(C[C@H](NC(=O)[C@@H](C)NC(=O)[C@@H]2CCC(=O)NC2)C(=O)N[C@@H](CC2CCCC2)C(=O)[C@@]2(C)CO2)cc1. The number of carbonyl (C=O) groups excluding carboxylic acids is 5. The molecule has 4 amide bonds. The van der Waals surface area contributed by atoms with Gasteiger partial charge in [0, 0.05) is 19.4 Å². The molecule has 0 bridgehead atoms. The Balaban J connectivity index is 1.45. The van der Waals surface area contributed by atoms with Crippen LogP contribution in [0.4, 0.5) is 0 Å². The van der Waals surface area contributed by atoms with E-state index in [-0.39, 0.29) is 37.0 Å². The van der Waals surface area contributed by atoms with Gasteiger partial charge < -0.3 is 30.7 Å². The summed E-state index contributed by atoms with van der Waals surface area (Å²) in [6, 6.07) is 4.55. The zero-order chi connectivity index (χ0) is 29.6. The zero-order valence-electron chi connectivity index (χ0n) is 24.1. The van der Waals surface area contributed by atoms with Crippen molar-refractivity contribution in [3.8, 4) is 5.75 Å². The lowest BCUT2D eigenvalue weighted by atomic mass is 9.90. The number of hydrogen-bond donors (Lipinski definition) is 4. The lowest BCUT2D eigenvalue weighted by Gasteiger charge is -2.27. The van der Waals surface area contributed by atoms with Crippen LogP contribution < -0.4 is 26.0 Å². The van der Waals surface area contributed by atoms with Gasteiger partial charge in [-0.15, -0.1) is 0 Å². The maximum atomic E-state index is 13.7. The van der Waals surface area contributed by atoms with Crippen LogP contribution in [0.25, 0.3) is 0 Å². The number of ether oxygens (including phenoxy) is 2. The first-order chi connectivity index (χ1) is 19.6. The van der Waals surface area contributed by atoms with Gasteiger partial charge in [0.15, 0.2) is 5.78 Å². The number of nitrogens with one attached hydrogen (secondary N) is 4. The summed E-state index contributed by atoms with van der Waals surface area (Å²) in [5, 5.41) is 11.1. The highest BCUT2D eigenvalue weighted by molar-refractivity contribution is 5.98. The van der Waals surface area contributed by atoms with Gasteiger partial charge in [-0.25, -0.2) is 0 Å². The third-order valence-corrected chi connectivity index (χ3v) is 8.40. The first-order valence-electron chi connectivity index (χ1n) is 14.6. The number of Topliss-reactive ketones (excluding diaryl/α,β-unsaturated/α-hetero) is 1. The molecule has 0 unspecified atom stereocenters. The Morgan fingerprint density at radius 1 is 1.02 bits per heavy atom. The fourth-order valence-corrected chi connectivity index (χ4v) is 5.56. The van der Waals surface area contributed by atoms with Gasteiger partial charge in [-0.05, 0) is 50.3 Å². The highest BCUT2D eigenvalue weighted by Crippen LogP contribution is 2.33. The van der Waals surface area contributed by atoms with Crippen molar-refractivity contribution >= 4 is 29.4 Å². The molecule has 41 heavy (non-hydrogen) atoms. The summed E-state index contributed by atoms with van der Waals surface area (Å²) >= 11 is 0. The summed E-state index contributed by atoms with van der Waals surface area (Å²) in [6.07, 6.45) is 5.64. The van der Waals surface area contributed by atoms with E-state index in [0.29, 0.717) is 31.1 Å². The van der Waals surface area contributed by atoms with Gasteiger partial charge in [-0.1, -0.05) is 37.8 Å². The van der Waals surface area contributed by atoms with Crippen LogP contribution in [0.1, 0.15) is 64.4 Å². The van der Waals surface area contributed by atoms with Crippen molar-refractivity contribution in [1.29, 1.82) is 0 Å². The van der Waals surface area contributed by atoms with E-state index in [1.165, 1.54) is 0 Å². The summed E-state index contributed by atoms with van der Waals surface area (Å²) in [4.78, 5) is 64.3. The number of rotatable bonds is 13. The fourth-order valence-electron chi connectivity index (χ4n) is 5.56. The molecule has 2 saturated heterocycles. The van der Waals surface area contributed by atoms with Crippen molar-refractivity contribution in [2.45, 2.75) is 88.9 Å². The molecular formula is C30H42N4O7. The lowest BCUT2D eigenvalue weighted by molar-refractivity contribution is -0.135. The van der Waals surface area contributed by atoms with Crippen LogP contribution in [0.3, 0.4) is 0 Å². The molecule has 0 radical (unpaired) electrons. The first kappa shape index (κ1) is 30.5. The third kappa shape index (κ3) is 8.28. The van der Waals surface area contributed by atoms with Gasteiger partial charge in [0.1, 0.15) is 23.4 Å². The molecule has 0 aromatic heterocycles. The molecule has 1 aromatic carbocycles. The van der Waals surface area contributed by atoms with Crippen molar-refractivity contribution in [2.75, 3.05) is 20.3 Å². The monoisotopic (exact) mass is 570 g/mol. The van der Waals surface area contributed by atoms with Crippen molar-refractivity contribution in [2.24, 2.45) is 11.8 Å². The zero-order valence-corrected chi connectivity index (χ0v) is 24.1. The van der Waals surface area contributed by atoms with Gasteiger partial charge in [0.25, 0.3) is 0 Å². The van der Waals surface area contributed by atoms with Gasteiger partial charge in [-0.2, -0.15) is 0 Å². The quantitative estimate of drug-likeness (QED) is 0.260. The van der Waals surface area contributed by atoms with E-state index in [4.69, 9.17) is 9.47 Å². The molecule has 11 heteroatoms. The lowest BCUT2D eigenvalue weighted by Crippen LogP contribution is -2.57. The number of hydrogen-bond acceptors (Lipinski definition) is 7. The van der Waals surface area contributed by atoms with Crippen molar-refractivity contribution in [1.82, 2.24) is 21.3 Å². The number of epoxide rings is 1. The van der Waals surface area contributed by atoms with Crippen molar-refractivity contribution < 1.29 is 33.4 Å². The van der Waals surface area contributed by atoms with E-state index in [1.807, 2.05) is 12.1 Å². The van der Waals surface area contributed by atoms with Crippen molar-refractivity contribution in [3.05, 3.63) is 29.8 Å². The Morgan fingerprint density at radius 3 is 2.27 bits per heavy atom. The second kappa shape index (κ2) is 13.5. The second-order valence-electron chi connectivity index (χ2n) is 11.7. The normalized spacial score (nSPS) is 24.4. The summed E-state index contributed by atoms with van der Waals surface area (Å²) in [5.74, 6) is -0.980. The van der Waals surface area contributed by atoms with Crippen LogP contribution in [0.5, 0.6) is 5.75 Å². The molecule has 2 heterocycles. The molecule has 11 nitrogen and oxygen atoms in total. The van der Waals surface area contributed by atoms with Gasteiger partial charge >= 0.3 is 0 Å². The maximum Gasteiger partial charge on any atom is 0.243 e. The van der Waals surface area contributed by atoms with Crippen LogP contribution in [0.2, 0.25) is 0 Å². The topological polar surface area (TPSA) is 155 Å². The number of amides is 4. The Kier molecular flexibility index (Phi) is 10.0. The maximum absolute atomic E-state index is 13.7. The molecule has 1 aromatic rings. The summed E-state index contributed by atoms with van der Waals surface area (Å²) < 4.78 is 10.6. The van der Waals surface area contributed by atoms with Crippen LogP contribution in [-0.4, -0.2) is 73.4 Å². The molecule has 4 N–H and O–H groups in total. The van der Waals surface area contributed by atoms with Gasteiger partial charge in [0.05, 0.1) is 25.7 Å². The molecule has 3 fully saturated rings. The average molecular weight is 571 g/mol. The second-order valence-corrected chi connectivity index (χ2v) is 11.7. The predicted octanol–water partition coefficient (Wildman–Crippen LogP) is 1.18. The molecule has 4 rings (SSSR count). The largest absolute Gasteiger partial charge is 0.497 e. The van der Waals surface area contributed by atoms with E-state index < -0.39 is 41.5 Å². The fraction of sp³-hybridized carbons (Fsp3) is 0.633. The van der Waals surface area contributed by atoms with E-state index in [9.17, 15) is 24.0 Å². The molecule has 0 spiro atoms. The molecule has 1 saturated carbocycles. The highest BCUT2D eigenvalue weighted by Gasteiger charge is 2.50. The van der Waals surface area contributed by atoms with E-state index in [1.54, 1.807) is 33.1 Å². The molecule has 2 aliphatic heterocycles. The Labute approximate surface area is 240 Å². The Bertz CT molecular complexity index is 1120. The summed E-state index contributed by atoms with van der Waals surface area (Å²) in [7, 11) is 1.56. The van der Waals surface area contributed by atoms with E-state index in [2.05, 4.69) is 21.3 Å². The minimum atomic E-state index is -0.990. The standard InChI is InChI=1S/C30H42N4O7/c1-18(32-28(38)21-10-13-25(35)31-16-21)27(37)34-24(15-20-8-11-22(40-3)12-9-20)29(39)33-23(14-19-6-4-5-7-19)26(36)30(2)17-41-30/h8-9,11-12,18-19,21,23-24H,4-7,10,13-17H2,1-3H3,(H,31,35)(H,32,38)(H,33,39)(H,34,37)/t18-,21-,23+,24+,30-/m1/s1. The molecule has 224 valence electrons. The molecule has 1 aliphatic carbocycles. The molecule has 5 atom stereocenters. The van der Waals surface area contributed by atoms with E-state index in [0.717, 1.165) is 31.2 Å². The Hall–Kier alpha value is -3.47. The van der Waals surface area contributed by atoms with Crippen LogP contribution >= 0.6 is 0 Å². The van der Waals surface area contributed by atoms with E-state index >= 15 is 0 Å². The van der Waals surface area contributed by atoms with Gasteiger partial charge in [-0.3, -0.25) is 24.0 Å². The number of ketones is 1. The third-order valence-electron chi connectivity index (χ3n) is 8.40. The van der Waals surface area contributed by atoms with Crippen LogP contribution in [-0.2, 0) is 35.1 Å². The average Bonchev–Trinajstić information content (AvgIpc) is 3.50. The number of methoxy groups -OCH3 is 1. The minimum Gasteiger partial charge on any atom is -0.497 e. The Morgan fingerprint density at radius 2 is 1.68 bits per heavy atom. The smallest absolute Gasteiger partial charge is 0.243 e.